The van der Waals surface area contributed by atoms with E-state index in [4.69, 9.17) is 5.73 Å². The van der Waals surface area contributed by atoms with Crippen LogP contribution < -0.4 is 5.73 Å². The van der Waals surface area contributed by atoms with Crippen LogP contribution in [0.5, 0.6) is 0 Å². The maximum atomic E-state index is 13.6. The van der Waals surface area contributed by atoms with Crippen molar-refractivity contribution in [3.05, 3.63) is 0 Å². The second-order valence-electron chi connectivity index (χ2n) is 5.60. The lowest BCUT2D eigenvalue weighted by atomic mass is 9.65. The van der Waals surface area contributed by atoms with Gasteiger partial charge in [-0.25, -0.2) is 8.78 Å². The molecule has 3 heteroatoms. The van der Waals surface area contributed by atoms with E-state index in [2.05, 4.69) is 20.8 Å². The lowest BCUT2D eigenvalue weighted by Gasteiger charge is -2.43. The van der Waals surface area contributed by atoms with Gasteiger partial charge in [-0.1, -0.05) is 33.6 Å². The van der Waals surface area contributed by atoms with Gasteiger partial charge >= 0.3 is 0 Å². The summed E-state index contributed by atoms with van der Waals surface area (Å²) in [4.78, 5) is 0. The summed E-state index contributed by atoms with van der Waals surface area (Å²) in [6.45, 7) is 6.40. The molecule has 0 aromatic heterocycles. The summed E-state index contributed by atoms with van der Waals surface area (Å²) in [5, 5.41) is 0. The van der Waals surface area contributed by atoms with Crippen molar-refractivity contribution in [2.45, 2.75) is 71.3 Å². The number of nitrogens with two attached hydrogens (primary N) is 1. The molecule has 2 N–H and O–H groups in total. The smallest absolute Gasteiger partial charge is 0.263 e. The normalized spacial score (nSPS) is 33.4. The number of hydrogen-bond acceptors (Lipinski definition) is 1. The van der Waals surface area contributed by atoms with Gasteiger partial charge < -0.3 is 5.73 Å². The molecular weight excluding hydrogens is 208 g/mol. The van der Waals surface area contributed by atoms with Crippen molar-refractivity contribution in [2.24, 2.45) is 17.1 Å². The highest BCUT2D eigenvalue weighted by Crippen LogP contribution is 2.48. The average molecular weight is 233 g/mol. The Kier molecular flexibility index (Phi) is 4.33. The average Bonchev–Trinajstić information content (AvgIpc) is 2.22. The van der Waals surface area contributed by atoms with Crippen LogP contribution in [0, 0.1) is 11.3 Å². The first-order valence-electron chi connectivity index (χ1n) is 6.49. The molecule has 96 valence electrons. The molecule has 0 aromatic carbocycles. The quantitative estimate of drug-likeness (QED) is 0.781. The molecule has 0 heterocycles. The Hall–Kier alpha value is -0.180. The predicted molar refractivity (Wildman–Crippen MR) is 63.6 cm³/mol. The van der Waals surface area contributed by atoms with Crippen LogP contribution >= 0.6 is 0 Å². The summed E-state index contributed by atoms with van der Waals surface area (Å²) in [6, 6.07) is -0.925. The summed E-state index contributed by atoms with van der Waals surface area (Å²) in [5.74, 6) is -2.53. The van der Waals surface area contributed by atoms with Crippen molar-refractivity contribution < 1.29 is 8.78 Å². The minimum absolute atomic E-state index is 0.0154. The molecule has 0 saturated heterocycles. The van der Waals surface area contributed by atoms with E-state index in [-0.39, 0.29) is 17.8 Å². The molecule has 0 aliphatic heterocycles. The fourth-order valence-corrected chi connectivity index (χ4v) is 3.01. The number of hydrogen-bond donors (Lipinski definition) is 1. The van der Waals surface area contributed by atoms with E-state index < -0.39 is 12.0 Å². The molecule has 16 heavy (non-hydrogen) atoms. The van der Waals surface area contributed by atoms with Crippen molar-refractivity contribution in [3.63, 3.8) is 0 Å². The molecule has 1 aliphatic carbocycles. The number of alkyl halides is 2. The van der Waals surface area contributed by atoms with Crippen LogP contribution in [0.25, 0.3) is 0 Å². The first-order chi connectivity index (χ1) is 7.35. The van der Waals surface area contributed by atoms with Crippen LogP contribution in [0.1, 0.15) is 59.3 Å². The highest BCUT2D eigenvalue weighted by atomic mass is 19.3. The molecule has 0 bridgehead atoms. The third-order valence-corrected chi connectivity index (χ3v) is 4.50. The zero-order valence-electron chi connectivity index (χ0n) is 10.7. The molecule has 1 saturated carbocycles. The van der Waals surface area contributed by atoms with E-state index in [1.807, 2.05) is 0 Å². The summed E-state index contributed by atoms with van der Waals surface area (Å²) < 4.78 is 27.3. The van der Waals surface area contributed by atoms with Gasteiger partial charge in [0.2, 0.25) is 0 Å². The van der Waals surface area contributed by atoms with E-state index in [1.165, 1.54) is 0 Å². The molecule has 1 rings (SSSR count). The summed E-state index contributed by atoms with van der Waals surface area (Å²) in [7, 11) is 0. The van der Waals surface area contributed by atoms with Gasteiger partial charge in [-0.15, -0.1) is 0 Å². The van der Waals surface area contributed by atoms with Crippen LogP contribution in [0.2, 0.25) is 0 Å². The first-order valence-corrected chi connectivity index (χ1v) is 6.49. The molecule has 1 fully saturated rings. The van der Waals surface area contributed by atoms with Crippen molar-refractivity contribution in [2.75, 3.05) is 0 Å². The van der Waals surface area contributed by atoms with E-state index >= 15 is 0 Å². The maximum absolute atomic E-state index is 13.6. The van der Waals surface area contributed by atoms with Gasteiger partial charge in [0.25, 0.3) is 5.92 Å². The Labute approximate surface area is 97.8 Å². The van der Waals surface area contributed by atoms with Gasteiger partial charge in [0, 0.05) is 6.42 Å². The monoisotopic (exact) mass is 233 g/mol. The zero-order chi connectivity index (χ0) is 12.4. The van der Waals surface area contributed by atoms with E-state index in [1.54, 1.807) is 0 Å². The Morgan fingerprint density at radius 2 is 1.94 bits per heavy atom. The Bertz CT molecular complexity index is 230. The molecule has 0 aromatic rings. The number of halogens is 2. The Balaban J connectivity index is 2.73. The highest BCUT2D eigenvalue weighted by Gasteiger charge is 2.47. The summed E-state index contributed by atoms with van der Waals surface area (Å²) in [6.07, 6.45) is 4.41. The molecule has 0 spiro atoms. The van der Waals surface area contributed by atoms with E-state index in [0.29, 0.717) is 6.42 Å². The molecular formula is C13H25F2N. The Morgan fingerprint density at radius 1 is 1.31 bits per heavy atom. The van der Waals surface area contributed by atoms with Crippen molar-refractivity contribution in [1.82, 2.24) is 0 Å². The highest BCUT2D eigenvalue weighted by molar-refractivity contribution is 4.94. The predicted octanol–water partition coefficient (Wildman–Crippen LogP) is 3.97. The maximum Gasteiger partial charge on any atom is 0.263 e. The molecule has 0 amide bonds. The summed E-state index contributed by atoms with van der Waals surface area (Å²) in [5.41, 5.74) is 5.55. The minimum Gasteiger partial charge on any atom is -0.323 e. The van der Waals surface area contributed by atoms with Gasteiger partial charge in [-0.3, -0.25) is 0 Å². The second-order valence-corrected chi connectivity index (χ2v) is 5.60. The lowest BCUT2D eigenvalue weighted by Crippen LogP contribution is -2.48. The SMILES string of the molecule is CCCC(C)(CC)C1CCC(N)C(F)(F)C1. The topological polar surface area (TPSA) is 26.0 Å². The molecule has 1 aliphatic rings. The van der Waals surface area contributed by atoms with Crippen LogP contribution in [-0.4, -0.2) is 12.0 Å². The third kappa shape index (κ3) is 2.73. The van der Waals surface area contributed by atoms with Crippen molar-refractivity contribution in [3.8, 4) is 0 Å². The van der Waals surface area contributed by atoms with Crippen LogP contribution in [0.4, 0.5) is 8.78 Å². The largest absolute Gasteiger partial charge is 0.323 e. The van der Waals surface area contributed by atoms with Crippen LogP contribution in [0.15, 0.2) is 0 Å². The Morgan fingerprint density at radius 3 is 2.38 bits per heavy atom. The summed E-state index contributed by atoms with van der Waals surface area (Å²) >= 11 is 0. The minimum atomic E-state index is -2.66. The fraction of sp³-hybridized carbons (Fsp3) is 1.00. The second kappa shape index (κ2) is 4.99. The van der Waals surface area contributed by atoms with Gasteiger partial charge in [0.05, 0.1) is 6.04 Å². The molecule has 1 nitrogen and oxygen atoms in total. The molecule has 3 atom stereocenters. The van der Waals surface area contributed by atoms with E-state index in [9.17, 15) is 8.78 Å². The number of rotatable bonds is 4. The van der Waals surface area contributed by atoms with Crippen LogP contribution in [-0.2, 0) is 0 Å². The molecule has 0 radical (unpaired) electrons. The van der Waals surface area contributed by atoms with Gasteiger partial charge in [0.15, 0.2) is 0 Å². The van der Waals surface area contributed by atoms with Gasteiger partial charge in [-0.2, -0.15) is 0 Å². The zero-order valence-corrected chi connectivity index (χ0v) is 10.7. The first kappa shape index (κ1) is 13.9. The lowest BCUT2D eigenvalue weighted by molar-refractivity contribution is -0.0925. The van der Waals surface area contributed by atoms with Crippen molar-refractivity contribution >= 4 is 0 Å². The van der Waals surface area contributed by atoms with Crippen molar-refractivity contribution in [1.29, 1.82) is 0 Å². The fourth-order valence-electron chi connectivity index (χ4n) is 3.01. The standard InChI is InChI=1S/C13H25F2N/c1-4-8-12(3,5-2)10-6-7-11(16)13(14,15)9-10/h10-11H,4-9,16H2,1-3H3. The van der Waals surface area contributed by atoms with E-state index in [0.717, 1.165) is 25.7 Å². The van der Waals surface area contributed by atoms with Crippen LogP contribution in [0.3, 0.4) is 0 Å². The van der Waals surface area contributed by atoms with Gasteiger partial charge in [-0.05, 0) is 30.6 Å². The van der Waals surface area contributed by atoms with Gasteiger partial charge in [0.1, 0.15) is 0 Å². The third-order valence-electron chi connectivity index (χ3n) is 4.50. The molecule has 3 unspecified atom stereocenters.